The molecule has 0 bridgehead atoms. The predicted octanol–water partition coefficient (Wildman–Crippen LogP) is 1.75. The van der Waals surface area contributed by atoms with E-state index in [4.69, 9.17) is 4.74 Å². The monoisotopic (exact) mass is 333 g/mol. The summed E-state index contributed by atoms with van der Waals surface area (Å²) < 4.78 is 5.16. The molecular formula is C17H23N3O4. The van der Waals surface area contributed by atoms with Crippen molar-refractivity contribution in [3.8, 4) is 0 Å². The average molecular weight is 333 g/mol. The molecule has 1 saturated carbocycles. The first-order valence-electron chi connectivity index (χ1n) is 7.89. The van der Waals surface area contributed by atoms with E-state index in [0.717, 1.165) is 0 Å². The van der Waals surface area contributed by atoms with Gasteiger partial charge in [-0.1, -0.05) is 18.2 Å². The molecule has 1 aliphatic carbocycles. The maximum atomic E-state index is 12.0. The Morgan fingerprint density at radius 3 is 2.25 bits per heavy atom. The Kier molecular flexibility index (Phi) is 5.43. The number of ether oxygens (including phenoxy) is 1. The van der Waals surface area contributed by atoms with Crippen molar-refractivity contribution in [2.24, 2.45) is 5.92 Å². The van der Waals surface area contributed by atoms with Gasteiger partial charge < -0.3 is 10.1 Å². The number of hydrogen-bond acceptors (Lipinski definition) is 4. The van der Waals surface area contributed by atoms with Gasteiger partial charge in [0.05, 0.1) is 0 Å². The fraction of sp³-hybridized carbons (Fsp3) is 0.471. The van der Waals surface area contributed by atoms with Crippen LogP contribution in [0, 0.1) is 5.92 Å². The number of benzene rings is 1. The molecule has 24 heavy (non-hydrogen) atoms. The molecule has 0 spiro atoms. The highest BCUT2D eigenvalue weighted by Crippen LogP contribution is 2.27. The van der Waals surface area contributed by atoms with Crippen molar-refractivity contribution in [1.29, 1.82) is 0 Å². The van der Waals surface area contributed by atoms with E-state index in [9.17, 15) is 14.4 Å². The molecule has 0 aromatic heterocycles. The van der Waals surface area contributed by atoms with Crippen LogP contribution in [0.5, 0.6) is 0 Å². The minimum Gasteiger partial charge on any atom is -0.444 e. The minimum absolute atomic E-state index is 0.0829. The SMILES string of the molecule is CC(C)(C)OC(=O)N[C@H]1C[C@H](C(=O)NNC(=O)c2ccccc2)C1. The Labute approximate surface area is 141 Å². The van der Waals surface area contributed by atoms with Crippen molar-refractivity contribution in [2.45, 2.75) is 45.3 Å². The van der Waals surface area contributed by atoms with Crippen molar-refractivity contribution in [3.63, 3.8) is 0 Å². The van der Waals surface area contributed by atoms with Crippen LogP contribution in [0.3, 0.4) is 0 Å². The van der Waals surface area contributed by atoms with Crippen molar-refractivity contribution in [3.05, 3.63) is 35.9 Å². The lowest BCUT2D eigenvalue weighted by Crippen LogP contribution is -2.53. The van der Waals surface area contributed by atoms with Gasteiger partial charge in [0, 0.05) is 17.5 Å². The third kappa shape index (κ3) is 5.26. The second kappa shape index (κ2) is 7.33. The Hall–Kier alpha value is -2.57. The van der Waals surface area contributed by atoms with Crippen LogP contribution in [0.1, 0.15) is 44.0 Å². The van der Waals surface area contributed by atoms with Crippen LogP contribution in [0.15, 0.2) is 30.3 Å². The average Bonchev–Trinajstić information content (AvgIpc) is 2.47. The van der Waals surface area contributed by atoms with E-state index < -0.39 is 11.7 Å². The van der Waals surface area contributed by atoms with E-state index in [1.165, 1.54) is 0 Å². The van der Waals surface area contributed by atoms with Crippen molar-refractivity contribution in [1.82, 2.24) is 16.2 Å². The van der Waals surface area contributed by atoms with Crippen LogP contribution in [-0.2, 0) is 9.53 Å². The van der Waals surface area contributed by atoms with Gasteiger partial charge in [0.15, 0.2) is 0 Å². The molecule has 0 aliphatic heterocycles. The summed E-state index contributed by atoms with van der Waals surface area (Å²) in [5, 5.41) is 2.72. The summed E-state index contributed by atoms with van der Waals surface area (Å²) in [6, 6.07) is 8.53. The molecule has 0 atom stereocenters. The topological polar surface area (TPSA) is 96.5 Å². The summed E-state index contributed by atoms with van der Waals surface area (Å²) in [5.74, 6) is -0.866. The van der Waals surface area contributed by atoms with Crippen LogP contribution in [0.4, 0.5) is 4.79 Å². The molecule has 1 aromatic rings. The summed E-state index contributed by atoms with van der Waals surface area (Å²) in [5.41, 5.74) is 4.72. The molecule has 1 aromatic carbocycles. The van der Waals surface area contributed by atoms with Crippen molar-refractivity contribution in [2.75, 3.05) is 0 Å². The molecule has 3 amide bonds. The maximum absolute atomic E-state index is 12.0. The summed E-state index contributed by atoms with van der Waals surface area (Å²) in [6.45, 7) is 5.37. The Morgan fingerprint density at radius 2 is 1.67 bits per heavy atom. The number of rotatable bonds is 3. The number of hydrogen-bond donors (Lipinski definition) is 3. The van der Waals surface area contributed by atoms with E-state index in [1.54, 1.807) is 45.0 Å². The predicted molar refractivity (Wildman–Crippen MR) is 87.9 cm³/mol. The van der Waals surface area contributed by atoms with E-state index in [2.05, 4.69) is 16.2 Å². The molecule has 7 heteroatoms. The zero-order chi connectivity index (χ0) is 17.7. The molecule has 0 saturated heterocycles. The van der Waals surface area contributed by atoms with Gasteiger partial charge in [-0.25, -0.2) is 4.79 Å². The number of nitrogens with one attached hydrogen (secondary N) is 3. The third-order valence-electron chi connectivity index (χ3n) is 3.56. The molecule has 0 radical (unpaired) electrons. The molecule has 1 aliphatic rings. The number of hydrazine groups is 1. The first-order valence-corrected chi connectivity index (χ1v) is 7.89. The van der Waals surface area contributed by atoms with Gasteiger partial charge in [-0.3, -0.25) is 20.4 Å². The number of alkyl carbamates (subject to hydrolysis) is 1. The lowest BCUT2D eigenvalue weighted by molar-refractivity contribution is -0.129. The molecule has 0 unspecified atom stereocenters. The number of carbonyl (C=O) groups is 3. The standard InChI is InChI=1S/C17H23N3O4/c1-17(2,3)24-16(23)18-13-9-12(10-13)15(22)20-19-14(21)11-7-5-4-6-8-11/h4-8,12-13H,9-10H2,1-3H3,(H,18,23)(H,19,21)(H,20,22)/t12-,13-. The van der Waals surface area contributed by atoms with E-state index in [1.807, 2.05) is 6.07 Å². The van der Waals surface area contributed by atoms with E-state index in [-0.39, 0.29) is 23.8 Å². The van der Waals surface area contributed by atoms with Gasteiger partial charge >= 0.3 is 6.09 Å². The molecule has 0 heterocycles. The van der Waals surface area contributed by atoms with Gasteiger partial charge in [-0.15, -0.1) is 0 Å². The normalized spacial score (nSPS) is 19.6. The summed E-state index contributed by atoms with van der Waals surface area (Å²) >= 11 is 0. The smallest absolute Gasteiger partial charge is 0.407 e. The van der Waals surface area contributed by atoms with E-state index in [0.29, 0.717) is 18.4 Å². The van der Waals surface area contributed by atoms with Crippen LogP contribution < -0.4 is 16.2 Å². The van der Waals surface area contributed by atoms with Gasteiger partial charge in [-0.05, 0) is 45.7 Å². The van der Waals surface area contributed by atoms with Gasteiger partial charge in [0.2, 0.25) is 5.91 Å². The fourth-order valence-electron chi connectivity index (χ4n) is 2.31. The Morgan fingerprint density at radius 1 is 1.04 bits per heavy atom. The molecule has 3 N–H and O–H groups in total. The molecule has 7 nitrogen and oxygen atoms in total. The van der Waals surface area contributed by atoms with Gasteiger partial charge in [0.1, 0.15) is 5.60 Å². The zero-order valence-corrected chi connectivity index (χ0v) is 14.1. The van der Waals surface area contributed by atoms with Gasteiger partial charge in [-0.2, -0.15) is 0 Å². The highest BCUT2D eigenvalue weighted by molar-refractivity contribution is 5.95. The second-order valence-corrected chi connectivity index (χ2v) is 6.82. The molecule has 130 valence electrons. The van der Waals surface area contributed by atoms with E-state index >= 15 is 0 Å². The lowest BCUT2D eigenvalue weighted by atomic mass is 9.80. The largest absolute Gasteiger partial charge is 0.444 e. The molecular weight excluding hydrogens is 310 g/mol. The van der Waals surface area contributed by atoms with Crippen molar-refractivity contribution < 1.29 is 19.1 Å². The number of amides is 3. The lowest BCUT2D eigenvalue weighted by Gasteiger charge is -2.35. The summed E-state index contributed by atoms with van der Waals surface area (Å²) in [7, 11) is 0. The third-order valence-corrected chi connectivity index (χ3v) is 3.56. The Balaban J connectivity index is 1.67. The van der Waals surface area contributed by atoms with Crippen molar-refractivity contribution >= 4 is 17.9 Å². The molecule has 2 rings (SSSR count). The minimum atomic E-state index is -0.549. The highest BCUT2D eigenvalue weighted by Gasteiger charge is 2.36. The fourth-order valence-corrected chi connectivity index (χ4v) is 2.31. The Bertz CT molecular complexity index is 604. The van der Waals surface area contributed by atoms with Crippen LogP contribution in [-0.4, -0.2) is 29.6 Å². The summed E-state index contributed by atoms with van der Waals surface area (Å²) in [4.78, 5) is 35.4. The van der Waals surface area contributed by atoms with Gasteiger partial charge in [0.25, 0.3) is 5.91 Å². The van der Waals surface area contributed by atoms with Crippen LogP contribution in [0.25, 0.3) is 0 Å². The van der Waals surface area contributed by atoms with Crippen LogP contribution >= 0.6 is 0 Å². The quantitative estimate of drug-likeness (QED) is 0.734. The first kappa shape index (κ1) is 17.8. The second-order valence-electron chi connectivity index (χ2n) is 6.82. The van der Waals surface area contributed by atoms with Crippen LogP contribution in [0.2, 0.25) is 0 Å². The zero-order valence-electron chi connectivity index (χ0n) is 14.1. The maximum Gasteiger partial charge on any atom is 0.407 e. The first-order chi connectivity index (χ1) is 11.2. The highest BCUT2D eigenvalue weighted by atomic mass is 16.6. The number of carbonyl (C=O) groups excluding carboxylic acids is 3. The summed E-state index contributed by atoms with van der Waals surface area (Å²) in [6.07, 6.45) is 0.558. The molecule has 1 fully saturated rings.